The zero-order valence-electron chi connectivity index (χ0n) is 8.02. The Bertz CT molecular complexity index is 323. The van der Waals surface area contributed by atoms with Gasteiger partial charge >= 0.3 is 0 Å². The van der Waals surface area contributed by atoms with E-state index in [1.54, 1.807) is 0 Å². The molecule has 1 aliphatic rings. The zero-order valence-corrected chi connectivity index (χ0v) is 8.02. The van der Waals surface area contributed by atoms with Crippen LogP contribution in [0.25, 0.3) is 0 Å². The third kappa shape index (κ3) is 1.58. The molecule has 1 unspecified atom stereocenters. The Labute approximate surface area is 83.5 Å². The van der Waals surface area contributed by atoms with Gasteiger partial charge in [0.05, 0.1) is 0 Å². The van der Waals surface area contributed by atoms with Gasteiger partial charge in [0.15, 0.2) is 0 Å². The van der Waals surface area contributed by atoms with Crippen LogP contribution in [0.3, 0.4) is 0 Å². The number of hydrogen-bond donors (Lipinski definition) is 1. The van der Waals surface area contributed by atoms with Gasteiger partial charge < -0.3 is 10.6 Å². The number of nitrogens with zero attached hydrogens (tertiary/aromatic N) is 1. The standard InChI is InChI=1S/C11H14N2O/c12-11(14)10-7-4-8-13(10)9-5-2-1-3-6-9/h1-3,5-6,10H,4,7-8H2,(H2,12,14). The fraction of sp³-hybridized carbons (Fsp3) is 0.364. The molecule has 2 N–H and O–H groups in total. The van der Waals surface area contributed by atoms with E-state index in [0.29, 0.717) is 0 Å². The Kier molecular flexibility index (Phi) is 2.39. The minimum Gasteiger partial charge on any atom is -0.368 e. The number of primary amides is 1. The maximum absolute atomic E-state index is 11.2. The molecule has 0 radical (unpaired) electrons. The molecule has 2 rings (SSSR count). The average molecular weight is 190 g/mol. The number of carbonyl (C=O) groups excluding carboxylic acids is 1. The molecule has 74 valence electrons. The molecular weight excluding hydrogens is 176 g/mol. The summed E-state index contributed by atoms with van der Waals surface area (Å²) in [6.07, 6.45) is 1.92. The van der Waals surface area contributed by atoms with Crippen LogP contribution in [0.1, 0.15) is 12.8 Å². The molecule has 1 aromatic rings. The highest BCUT2D eigenvalue weighted by Crippen LogP contribution is 2.24. The van der Waals surface area contributed by atoms with Crippen molar-refractivity contribution in [3.05, 3.63) is 30.3 Å². The van der Waals surface area contributed by atoms with Gasteiger partial charge in [0.1, 0.15) is 6.04 Å². The molecule has 0 saturated carbocycles. The summed E-state index contributed by atoms with van der Waals surface area (Å²) in [7, 11) is 0. The van der Waals surface area contributed by atoms with Crippen LogP contribution in [0.5, 0.6) is 0 Å². The maximum Gasteiger partial charge on any atom is 0.240 e. The first kappa shape index (κ1) is 9.06. The first-order valence-electron chi connectivity index (χ1n) is 4.90. The Morgan fingerprint density at radius 2 is 2.07 bits per heavy atom. The molecule has 1 fully saturated rings. The SMILES string of the molecule is NC(=O)C1CCCN1c1ccccc1. The van der Waals surface area contributed by atoms with E-state index in [2.05, 4.69) is 4.90 Å². The smallest absolute Gasteiger partial charge is 0.240 e. The molecule has 3 heteroatoms. The van der Waals surface area contributed by atoms with E-state index < -0.39 is 0 Å². The fourth-order valence-corrected chi connectivity index (χ4v) is 1.99. The zero-order chi connectivity index (χ0) is 9.97. The van der Waals surface area contributed by atoms with Gasteiger partial charge in [0, 0.05) is 12.2 Å². The monoisotopic (exact) mass is 190 g/mol. The van der Waals surface area contributed by atoms with Crippen LogP contribution in [0.2, 0.25) is 0 Å². The van der Waals surface area contributed by atoms with Crippen LogP contribution in [-0.2, 0) is 4.79 Å². The van der Waals surface area contributed by atoms with Crippen molar-refractivity contribution in [2.24, 2.45) is 5.73 Å². The summed E-state index contributed by atoms with van der Waals surface area (Å²) >= 11 is 0. The van der Waals surface area contributed by atoms with Crippen molar-refractivity contribution in [2.45, 2.75) is 18.9 Å². The lowest BCUT2D eigenvalue weighted by Gasteiger charge is -2.24. The summed E-state index contributed by atoms with van der Waals surface area (Å²) in [6, 6.07) is 9.84. The summed E-state index contributed by atoms with van der Waals surface area (Å²) in [5.74, 6) is -0.216. The summed E-state index contributed by atoms with van der Waals surface area (Å²) in [5, 5.41) is 0. The van der Waals surface area contributed by atoms with Crippen LogP contribution in [-0.4, -0.2) is 18.5 Å². The van der Waals surface area contributed by atoms with Gasteiger partial charge in [-0.05, 0) is 25.0 Å². The number of benzene rings is 1. The van der Waals surface area contributed by atoms with Gasteiger partial charge in [0.2, 0.25) is 5.91 Å². The fourth-order valence-electron chi connectivity index (χ4n) is 1.99. The number of hydrogen-bond acceptors (Lipinski definition) is 2. The highest BCUT2D eigenvalue weighted by atomic mass is 16.1. The highest BCUT2D eigenvalue weighted by molar-refractivity contribution is 5.84. The molecule has 0 bridgehead atoms. The van der Waals surface area contributed by atoms with Gasteiger partial charge in [-0.2, -0.15) is 0 Å². The molecule has 1 aliphatic heterocycles. The Morgan fingerprint density at radius 1 is 1.36 bits per heavy atom. The Hall–Kier alpha value is -1.51. The van der Waals surface area contributed by atoms with E-state index >= 15 is 0 Å². The largest absolute Gasteiger partial charge is 0.368 e. The molecule has 0 aromatic heterocycles. The molecular formula is C11H14N2O. The first-order valence-corrected chi connectivity index (χ1v) is 4.90. The number of anilines is 1. The molecule has 1 saturated heterocycles. The number of amides is 1. The average Bonchev–Trinajstić information content (AvgIpc) is 2.67. The van der Waals surface area contributed by atoms with E-state index in [9.17, 15) is 4.79 Å². The van der Waals surface area contributed by atoms with Crippen molar-refractivity contribution in [1.82, 2.24) is 0 Å². The molecule has 3 nitrogen and oxygen atoms in total. The number of carbonyl (C=O) groups is 1. The van der Waals surface area contributed by atoms with Crippen molar-refractivity contribution in [1.29, 1.82) is 0 Å². The topological polar surface area (TPSA) is 46.3 Å². The van der Waals surface area contributed by atoms with E-state index in [1.165, 1.54) is 0 Å². The van der Waals surface area contributed by atoms with Crippen molar-refractivity contribution in [3.63, 3.8) is 0 Å². The second kappa shape index (κ2) is 3.70. The molecule has 1 atom stereocenters. The van der Waals surface area contributed by atoms with Gasteiger partial charge in [-0.3, -0.25) is 4.79 Å². The third-order valence-corrected chi connectivity index (χ3v) is 2.67. The summed E-state index contributed by atoms with van der Waals surface area (Å²) < 4.78 is 0. The molecule has 1 amide bonds. The van der Waals surface area contributed by atoms with Crippen LogP contribution >= 0.6 is 0 Å². The van der Waals surface area contributed by atoms with Crippen molar-refractivity contribution >= 4 is 11.6 Å². The maximum atomic E-state index is 11.2. The second-order valence-electron chi connectivity index (χ2n) is 3.59. The van der Waals surface area contributed by atoms with E-state index in [4.69, 9.17) is 5.73 Å². The van der Waals surface area contributed by atoms with Crippen molar-refractivity contribution in [2.75, 3.05) is 11.4 Å². The Balaban J connectivity index is 2.22. The number of nitrogens with two attached hydrogens (primary N) is 1. The lowest BCUT2D eigenvalue weighted by molar-refractivity contribution is -0.119. The van der Waals surface area contributed by atoms with Crippen LogP contribution in [0, 0.1) is 0 Å². The van der Waals surface area contributed by atoms with E-state index in [-0.39, 0.29) is 11.9 Å². The quantitative estimate of drug-likeness (QED) is 0.760. The van der Waals surface area contributed by atoms with Gasteiger partial charge in [-0.25, -0.2) is 0 Å². The number of rotatable bonds is 2. The van der Waals surface area contributed by atoms with Crippen molar-refractivity contribution in [3.8, 4) is 0 Å². The second-order valence-corrected chi connectivity index (χ2v) is 3.59. The summed E-state index contributed by atoms with van der Waals surface area (Å²) in [6.45, 7) is 0.928. The minimum absolute atomic E-state index is 0.114. The summed E-state index contributed by atoms with van der Waals surface area (Å²) in [4.78, 5) is 13.3. The van der Waals surface area contributed by atoms with E-state index in [0.717, 1.165) is 25.1 Å². The molecule has 1 aromatic carbocycles. The predicted molar refractivity (Wildman–Crippen MR) is 56.0 cm³/mol. The van der Waals surface area contributed by atoms with E-state index in [1.807, 2.05) is 30.3 Å². The number of para-hydroxylation sites is 1. The lowest BCUT2D eigenvalue weighted by atomic mass is 10.2. The van der Waals surface area contributed by atoms with Crippen molar-refractivity contribution < 1.29 is 4.79 Å². The first-order chi connectivity index (χ1) is 6.79. The highest BCUT2D eigenvalue weighted by Gasteiger charge is 2.28. The molecule has 0 spiro atoms. The third-order valence-electron chi connectivity index (χ3n) is 2.67. The van der Waals surface area contributed by atoms with Gasteiger partial charge in [0.25, 0.3) is 0 Å². The van der Waals surface area contributed by atoms with Crippen LogP contribution < -0.4 is 10.6 Å². The Morgan fingerprint density at radius 3 is 2.71 bits per heavy atom. The van der Waals surface area contributed by atoms with Gasteiger partial charge in [-0.15, -0.1) is 0 Å². The van der Waals surface area contributed by atoms with Crippen LogP contribution in [0.15, 0.2) is 30.3 Å². The molecule has 0 aliphatic carbocycles. The van der Waals surface area contributed by atoms with Crippen LogP contribution in [0.4, 0.5) is 5.69 Å². The lowest BCUT2D eigenvalue weighted by Crippen LogP contribution is -2.40. The normalized spacial score (nSPS) is 21.1. The minimum atomic E-state index is -0.216. The molecule has 14 heavy (non-hydrogen) atoms. The summed E-state index contributed by atoms with van der Waals surface area (Å²) in [5.41, 5.74) is 6.44. The molecule has 1 heterocycles. The predicted octanol–water partition coefficient (Wildman–Crippen LogP) is 1.14. The van der Waals surface area contributed by atoms with Gasteiger partial charge in [-0.1, -0.05) is 18.2 Å².